The number of benzene rings is 2. The average molecular weight is 408 g/mol. The first kappa shape index (κ1) is 22.1. The number of carbonyl (C=O) groups excluding carboxylic acids is 1. The third kappa shape index (κ3) is 4.93. The van der Waals surface area contributed by atoms with E-state index in [2.05, 4.69) is 32.6 Å². The van der Waals surface area contributed by atoms with Gasteiger partial charge in [-0.25, -0.2) is 0 Å². The Hall–Kier alpha value is -2.59. The number of carbonyl (C=O) groups is 1. The second kappa shape index (κ2) is 9.05. The molecule has 4 nitrogen and oxygen atoms in total. The number of allylic oxidation sites excluding steroid dienone is 1. The molecule has 0 saturated carbocycles. The van der Waals surface area contributed by atoms with Crippen molar-refractivity contribution in [2.24, 2.45) is 11.8 Å². The minimum absolute atomic E-state index is 0.122. The first-order chi connectivity index (χ1) is 14.2. The minimum Gasteiger partial charge on any atom is -0.507 e. The Bertz CT molecular complexity index is 945. The van der Waals surface area contributed by atoms with Gasteiger partial charge < -0.3 is 9.84 Å². The molecule has 0 aliphatic carbocycles. The van der Waals surface area contributed by atoms with Gasteiger partial charge in [-0.1, -0.05) is 57.5 Å². The molecule has 2 aromatic carbocycles. The van der Waals surface area contributed by atoms with Crippen molar-refractivity contribution >= 4 is 11.9 Å². The summed E-state index contributed by atoms with van der Waals surface area (Å²) in [5, 5.41) is 10.7. The summed E-state index contributed by atoms with van der Waals surface area (Å²) in [7, 11) is 0. The predicted molar refractivity (Wildman–Crippen MR) is 122 cm³/mol. The van der Waals surface area contributed by atoms with Crippen LogP contribution in [0.3, 0.4) is 0 Å². The number of phenolic OH excluding ortho intramolecular Hbond substituents is 1. The topological polar surface area (TPSA) is 49.8 Å². The molecule has 30 heavy (non-hydrogen) atoms. The summed E-state index contributed by atoms with van der Waals surface area (Å²) in [6, 6.07) is 9.65. The smallest absolute Gasteiger partial charge is 0.232 e. The zero-order valence-corrected chi connectivity index (χ0v) is 19.0. The maximum Gasteiger partial charge on any atom is 0.232 e. The lowest BCUT2D eigenvalue weighted by molar-refractivity contribution is 0.101. The van der Waals surface area contributed by atoms with Crippen LogP contribution in [0.2, 0.25) is 0 Å². The van der Waals surface area contributed by atoms with Crippen molar-refractivity contribution in [1.82, 2.24) is 4.90 Å². The third-order valence-electron chi connectivity index (χ3n) is 5.22. The van der Waals surface area contributed by atoms with Crippen LogP contribution < -0.4 is 4.74 Å². The van der Waals surface area contributed by atoms with E-state index in [-0.39, 0.29) is 11.5 Å². The number of aryl methyl sites for hydroxylation is 2. The number of ether oxygens (including phenoxy) is 1. The van der Waals surface area contributed by atoms with Gasteiger partial charge in [0.25, 0.3) is 0 Å². The molecule has 0 bridgehead atoms. The summed E-state index contributed by atoms with van der Waals surface area (Å²) in [6.45, 7) is 15.0. The molecule has 0 spiro atoms. The highest BCUT2D eigenvalue weighted by Gasteiger charge is 2.33. The van der Waals surface area contributed by atoms with E-state index < -0.39 is 0 Å². The van der Waals surface area contributed by atoms with E-state index in [9.17, 15) is 9.90 Å². The summed E-state index contributed by atoms with van der Waals surface area (Å²) < 4.78 is 6.08. The lowest BCUT2D eigenvalue weighted by Gasteiger charge is -2.27. The zero-order valence-electron chi connectivity index (χ0n) is 19.0. The van der Waals surface area contributed by atoms with Crippen LogP contribution in [0.25, 0.3) is 6.08 Å². The van der Waals surface area contributed by atoms with E-state index in [0.29, 0.717) is 41.0 Å². The first-order valence-corrected chi connectivity index (χ1v) is 10.7. The molecule has 2 aromatic rings. The molecule has 1 N–H and O–H groups in total. The van der Waals surface area contributed by atoms with Gasteiger partial charge in [0, 0.05) is 19.6 Å². The van der Waals surface area contributed by atoms with Gasteiger partial charge in [0.1, 0.15) is 11.5 Å². The fourth-order valence-corrected chi connectivity index (χ4v) is 4.01. The zero-order chi connectivity index (χ0) is 22.0. The van der Waals surface area contributed by atoms with Crippen molar-refractivity contribution in [2.75, 3.05) is 13.1 Å². The summed E-state index contributed by atoms with van der Waals surface area (Å²) in [6.07, 6.45) is 1.78. The molecule has 3 rings (SSSR count). The Morgan fingerprint density at radius 2 is 1.63 bits per heavy atom. The molecule has 0 aromatic heterocycles. The number of rotatable bonds is 7. The highest BCUT2D eigenvalue weighted by molar-refractivity contribution is 6.15. The Morgan fingerprint density at radius 3 is 2.20 bits per heavy atom. The molecule has 0 saturated heterocycles. The van der Waals surface area contributed by atoms with E-state index in [4.69, 9.17) is 4.74 Å². The van der Waals surface area contributed by atoms with E-state index in [0.717, 1.165) is 29.8 Å². The summed E-state index contributed by atoms with van der Waals surface area (Å²) in [5.74, 6) is 1.89. The number of fused-ring (bicyclic) bond motifs is 1. The van der Waals surface area contributed by atoms with E-state index in [1.807, 2.05) is 38.1 Å². The maximum absolute atomic E-state index is 13.1. The van der Waals surface area contributed by atoms with E-state index in [1.165, 1.54) is 0 Å². The van der Waals surface area contributed by atoms with Crippen LogP contribution >= 0.6 is 0 Å². The van der Waals surface area contributed by atoms with Crippen molar-refractivity contribution in [2.45, 2.75) is 48.1 Å². The van der Waals surface area contributed by atoms with Gasteiger partial charge in [0.05, 0.1) is 11.1 Å². The fourth-order valence-electron chi connectivity index (χ4n) is 4.01. The van der Waals surface area contributed by atoms with Crippen molar-refractivity contribution in [3.63, 3.8) is 0 Å². The van der Waals surface area contributed by atoms with Crippen LogP contribution in [0.5, 0.6) is 11.5 Å². The highest BCUT2D eigenvalue weighted by Crippen LogP contribution is 2.42. The number of hydrogen-bond acceptors (Lipinski definition) is 4. The molecule has 0 fully saturated rings. The highest BCUT2D eigenvalue weighted by atomic mass is 16.5. The van der Waals surface area contributed by atoms with Gasteiger partial charge in [-0.3, -0.25) is 9.69 Å². The molecule has 1 aliphatic heterocycles. The predicted octanol–water partition coefficient (Wildman–Crippen LogP) is 5.74. The molecular weight excluding hydrogens is 374 g/mol. The summed E-state index contributed by atoms with van der Waals surface area (Å²) in [5.41, 5.74) is 4.08. The molecule has 1 heterocycles. The fraction of sp³-hybridized carbons (Fsp3) is 0.423. The SMILES string of the molecule is Cc1ccc(/C=C2/Oc3c(CN(CC(C)C)CC(C)C)c(O)cc(C)c3C2=O)cc1. The first-order valence-electron chi connectivity index (χ1n) is 10.7. The second-order valence-corrected chi connectivity index (χ2v) is 9.23. The molecule has 160 valence electrons. The number of Topliss-reactive ketones (excluding diaryl/α,β-unsaturated/α-hetero) is 1. The number of ketones is 1. The van der Waals surface area contributed by atoms with Crippen LogP contribution in [0, 0.1) is 25.7 Å². The van der Waals surface area contributed by atoms with Gasteiger partial charge >= 0.3 is 0 Å². The van der Waals surface area contributed by atoms with Crippen molar-refractivity contribution in [3.8, 4) is 11.5 Å². The summed E-state index contributed by atoms with van der Waals surface area (Å²) in [4.78, 5) is 15.4. The molecule has 4 heteroatoms. The lowest BCUT2D eigenvalue weighted by atomic mass is 9.98. The average Bonchev–Trinajstić information content (AvgIpc) is 2.96. The van der Waals surface area contributed by atoms with Crippen molar-refractivity contribution in [3.05, 3.63) is 63.9 Å². The van der Waals surface area contributed by atoms with E-state index in [1.54, 1.807) is 12.1 Å². The largest absolute Gasteiger partial charge is 0.507 e. The Kier molecular flexibility index (Phi) is 6.67. The molecule has 0 amide bonds. The summed E-state index contributed by atoms with van der Waals surface area (Å²) >= 11 is 0. The maximum atomic E-state index is 13.1. The molecule has 0 atom stereocenters. The van der Waals surface area contributed by atoms with Gasteiger partial charge in [0.2, 0.25) is 5.78 Å². The van der Waals surface area contributed by atoms with Crippen LogP contribution in [0.1, 0.15) is 60.3 Å². The number of aromatic hydroxyl groups is 1. The van der Waals surface area contributed by atoms with Gasteiger partial charge in [-0.2, -0.15) is 0 Å². The van der Waals surface area contributed by atoms with Gasteiger partial charge in [-0.15, -0.1) is 0 Å². The molecule has 1 aliphatic rings. The van der Waals surface area contributed by atoms with Crippen LogP contribution in [0.15, 0.2) is 36.1 Å². The normalized spacial score (nSPS) is 14.8. The standard InChI is InChI=1S/C26H33NO3/c1-16(2)13-27(14-17(3)4)15-21-22(28)11-19(6)24-25(29)23(30-26(21)24)12-20-9-7-18(5)8-10-20/h7-12,16-17,28H,13-15H2,1-6H3/b23-12+. The van der Waals surface area contributed by atoms with Gasteiger partial charge in [0.15, 0.2) is 5.76 Å². The van der Waals surface area contributed by atoms with Crippen LogP contribution in [0.4, 0.5) is 0 Å². The third-order valence-corrected chi connectivity index (χ3v) is 5.22. The minimum atomic E-state index is -0.122. The van der Waals surface area contributed by atoms with E-state index >= 15 is 0 Å². The monoisotopic (exact) mass is 407 g/mol. The Balaban J connectivity index is 1.98. The second-order valence-electron chi connectivity index (χ2n) is 9.23. The van der Waals surface area contributed by atoms with Gasteiger partial charge in [-0.05, 0) is 49.0 Å². The van der Waals surface area contributed by atoms with Crippen LogP contribution in [-0.2, 0) is 6.54 Å². The number of hydrogen-bond donors (Lipinski definition) is 1. The quantitative estimate of drug-likeness (QED) is 0.595. The number of phenols is 1. The lowest BCUT2D eigenvalue weighted by Crippen LogP contribution is -2.31. The number of nitrogens with zero attached hydrogens (tertiary/aromatic N) is 1. The molecule has 0 unspecified atom stereocenters. The molecular formula is C26H33NO3. The van der Waals surface area contributed by atoms with Crippen LogP contribution in [-0.4, -0.2) is 28.9 Å². The Labute approximate surface area is 180 Å². The Morgan fingerprint density at radius 1 is 1.03 bits per heavy atom. The molecule has 0 radical (unpaired) electrons. The van der Waals surface area contributed by atoms with Crippen molar-refractivity contribution < 1.29 is 14.6 Å². The van der Waals surface area contributed by atoms with Crippen molar-refractivity contribution in [1.29, 1.82) is 0 Å².